The van der Waals surface area contributed by atoms with Crippen molar-refractivity contribution in [1.29, 1.82) is 0 Å². The molecule has 186 valence electrons. The number of hydrogen-bond acceptors (Lipinski definition) is 8. The highest BCUT2D eigenvalue weighted by atomic mass is 35.5. The SMILES string of the molecule is CSc1nc2c(F)c(Cl)nc(OC(C)(C)C3NC[C@@H]4CC[C@H]3N4C(=O)OC(C)(C)C)c2c(=O)[nH]1. The molecular weight excluding hydrogens is 485 g/mol. The van der Waals surface area contributed by atoms with Crippen molar-refractivity contribution < 1.29 is 18.7 Å². The molecule has 2 aromatic heterocycles. The Morgan fingerprint density at radius 2 is 1.94 bits per heavy atom. The fourth-order valence-electron chi connectivity index (χ4n) is 4.73. The van der Waals surface area contributed by atoms with Crippen molar-refractivity contribution in [2.75, 3.05) is 12.8 Å². The first-order valence-corrected chi connectivity index (χ1v) is 12.7. The van der Waals surface area contributed by atoms with Crippen LogP contribution < -0.4 is 15.6 Å². The van der Waals surface area contributed by atoms with E-state index in [9.17, 15) is 14.0 Å². The number of piperazine rings is 1. The summed E-state index contributed by atoms with van der Waals surface area (Å²) in [5, 5.41) is 3.19. The zero-order chi connectivity index (χ0) is 25.0. The first kappa shape index (κ1) is 25.0. The average molecular weight is 514 g/mol. The van der Waals surface area contributed by atoms with Gasteiger partial charge in [0, 0.05) is 12.6 Å². The van der Waals surface area contributed by atoms with Crippen LogP contribution in [-0.2, 0) is 4.74 Å². The first-order valence-electron chi connectivity index (χ1n) is 11.1. The van der Waals surface area contributed by atoms with Crippen LogP contribution >= 0.6 is 23.4 Å². The van der Waals surface area contributed by atoms with Crippen LogP contribution in [0.15, 0.2) is 9.95 Å². The van der Waals surface area contributed by atoms with Crippen LogP contribution in [0.2, 0.25) is 5.15 Å². The highest BCUT2D eigenvalue weighted by molar-refractivity contribution is 7.98. The number of H-pyrrole nitrogens is 1. The molecule has 2 saturated heterocycles. The quantitative estimate of drug-likeness (QED) is 0.361. The molecule has 2 aliphatic rings. The molecule has 0 aromatic carbocycles. The minimum atomic E-state index is -0.952. The molecule has 3 atom stereocenters. The number of pyridine rings is 1. The Balaban J connectivity index is 1.69. The Morgan fingerprint density at radius 3 is 2.59 bits per heavy atom. The van der Waals surface area contributed by atoms with Gasteiger partial charge in [-0.05, 0) is 53.7 Å². The number of thioether (sulfide) groups is 1. The van der Waals surface area contributed by atoms with Gasteiger partial charge in [0.1, 0.15) is 22.1 Å². The molecule has 2 aromatic rings. The number of aromatic amines is 1. The normalized spacial score (nSPS) is 22.8. The third kappa shape index (κ3) is 4.57. The number of halogens is 2. The monoisotopic (exact) mass is 513 g/mol. The van der Waals surface area contributed by atoms with Crippen LogP contribution in [0.3, 0.4) is 0 Å². The largest absolute Gasteiger partial charge is 0.469 e. The van der Waals surface area contributed by atoms with E-state index in [0.29, 0.717) is 6.54 Å². The molecule has 1 amide bonds. The van der Waals surface area contributed by atoms with Gasteiger partial charge in [-0.1, -0.05) is 23.4 Å². The van der Waals surface area contributed by atoms with E-state index in [1.165, 1.54) is 11.8 Å². The summed E-state index contributed by atoms with van der Waals surface area (Å²) in [5.41, 5.74) is -2.34. The van der Waals surface area contributed by atoms with Crippen molar-refractivity contribution in [3.63, 3.8) is 0 Å². The predicted octanol–water partition coefficient (Wildman–Crippen LogP) is 3.73. The van der Waals surface area contributed by atoms with Crippen molar-refractivity contribution in [2.45, 2.75) is 81.9 Å². The minimum Gasteiger partial charge on any atom is -0.469 e. The molecule has 9 nitrogen and oxygen atoms in total. The summed E-state index contributed by atoms with van der Waals surface area (Å²) in [5.74, 6) is -0.993. The molecule has 0 aliphatic carbocycles. The molecule has 1 unspecified atom stereocenters. The van der Waals surface area contributed by atoms with E-state index in [2.05, 4.69) is 20.3 Å². The van der Waals surface area contributed by atoms with Crippen LogP contribution in [0.5, 0.6) is 5.88 Å². The Labute approximate surface area is 206 Å². The number of carbonyl (C=O) groups is 1. The summed E-state index contributed by atoms with van der Waals surface area (Å²) in [7, 11) is 0. The second kappa shape index (κ2) is 8.83. The van der Waals surface area contributed by atoms with Crippen molar-refractivity contribution in [3.8, 4) is 5.88 Å². The van der Waals surface area contributed by atoms with E-state index >= 15 is 0 Å². The van der Waals surface area contributed by atoms with Gasteiger partial charge in [0.2, 0.25) is 5.88 Å². The summed E-state index contributed by atoms with van der Waals surface area (Å²) in [6, 6.07) is -0.467. The molecule has 0 radical (unpaired) electrons. The maximum Gasteiger partial charge on any atom is 0.410 e. The van der Waals surface area contributed by atoms with E-state index in [1.54, 1.807) is 11.2 Å². The molecule has 2 fully saturated rings. The molecule has 4 rings (SSSR count). The van der Waals surface area contributed by atoms with Crippen LogP contribution in [0.1, 0.15) is 47.5 Å². The van der Waals surface area contributed by atoms with E-state index in [1.807, 2.05) is 34.6 Å². The number of nitrogens with one attached hydrogen (secondary N) is 2. The number of fused-ring (bicyclic) bond motifs is 3. The third-order valence-corrected chi connectivity index (χ3v) is 6.94. The van der Waals surface area contributed by atoms with E-state index in [0.717, 1.165) is 12.8 Å². The van der Waals surface area contributed by atoms with Gasteiger partial charge in [-0.3, -0.25) is 9.69 Å². The van der Waals surface area contributed by atoms with Crippen LogP contribution in [0, 0.1) is 5.82 Å². The summed E-state index contributed by atoms with van der Waals surface area (Å²) < 4.78 is 26.6. The van der Waals surface area contributed by atoms with E-state index in [4.69, 9.17) is 21.1 Å². The second-order valence-electron chi connectivity index (χ2n) is 10.1. The molecule has 4 heterocycles. The number of nitrogens with zero attached hydrogens (tertiary/aromatic N) is 3. The maximum atomic E-state index is 14.7. The molecule has 2 aliphatic heterocycles. The van der Waals surface area contributed by atoms with Gasteiger partial charge < -0.3 is 19.8 Å². The topological polar surface area (TPSA) is 109 Å². The van der Waals surface area contributed by atoms with Crippen molar-refractivity contribution in [1.82, 2.24) is 25.2 Å². The highest BCUT2D eigenvalue weighted by Crippen LogP contribution is 2.38. The Bertz CT molecular complexity index is 1180. The fraction of sp³-hybridized carbons (Fsp3) is 0.636. The first-order chi connectivity index (χ1) is 15.8. The average Bonchev–Trinajstić information content (AvgIpc) is 3.01. The van der Waals surface area contributed by atoms with Gasteiger partial charge in [-0.15, -0.1) is 0 Å². The van der Waals surface area contributed by atoms with Crippen molar-refractivity contribution in [3.05, 3.63) is 21.3 Å². The minimum absolute atomic E-state index is 0.0307. The Kier molecular flexibility index (Phi) is 6.50. The number of ether oxygens (including phenoxy) is 2. The van der Waals surface area contributed by atoms with Gasteiger partial charge in [0.05, 0.1) is 12.1 Å². The van der Waals surface area contributed by atoms with Crippen LogP contribution in [-0.4, -0.2) is 68.1 Å². The maximum absolute atomic E-state index is 14.7. The smallest absolute Gasteiger partial charge is 0.410 e. The summed E-state index contributed by atoms with van der Waals surface area (Å²) in [6.45, 7) is 9.75. The molecule has 0 spiro atoms. The van der Waals surface area contributed by atoms with Gasteiger partial charge in [-0.25, -0.2) is 14.2 Å². The molecule has 0 saturated carbocycles. The lowest BCUT2D eigenvalue weighted by atomic mass is 9.89. The third-order valence-electron chi connectivity index (χ3n) is 6.11. The van der Waals surface area contributed by atoms with Gasteiger partial charge in [0.15, 0.2) is 16.1 Å². The number of carbonyl (C=O) groups excluding carboxylic acids is 1. The standard InChI is InChI=1S/C22H29ClFN5O4S/c1-21(2,3)33-20(31)29-10-7-8-11(29)15(25-9-10)22(4,5)32-18-12-14(13(24)16(23)27-18)26-19(34-6)28-17(12)30/h10-11,15,25H,7-9H2,1-6H3,(H,26,28,30)/t10-,11+,15?/m0/s1. The summed E-state index contributed by atoms with van der Waals surface area (Å²) in [4.78, 5) is 38.4. The van der Waals surface area contributed by atoms with Crippen LogP contribution in [0.25, 0.3) is 10.9 Å². The fourth-order valence-corrected chi connectivity index (χ4v) is 5.28. The molecule has 2 bridgehead atoms. The lowest BCUT2D eigenvalue weighted by molar-refractivity contribution is -0.0245. The lowest BCUT2D eigenvalue weighted by Gasteiger charge is -2.46. The number of rotatable bonds is 4. The Hall–Kier alpha value is -2.11. The van der Waals surface area contributed by atoms with Gasteiger partial charge in [-0.2, -0.15) is 4.98 Å². The summed E-state index contributed by atoms with van der Waals surface area (Å²) in [6.07, 6.45) is 2.96. The van der Waals surface area contributed by atoms with E-state index < -0.39 is 27.7 Å². The van der Waals surface area contributed by atoms with Crippen molar-refractivity contribution >= 4 is 40.4 Å². The zero-order valence-electron chi connectivity index (χ0n) is 20.0. The van der Waals surface area contributed by atoms with Gasteiger partial charge in [0.25, 0.3) is 5.56 Å². The highest BCUT2D eigenvalue weighted by Gasteiger charge is 2.52. The number of aromatic nitrogens is 3. The molecule has 12 heteroatoms. The molecular formula is C22H29ClFN5O4S. The number of amides is 1. The van der Waals surface area contributed by atoms with Gasteiger partial charge >= 0.3 is 6.09 Å². The summed E-state index contributed by atoms with van der Waals surface area (Å²) >= 11 is 7.21. The van der Waals surface area contributed by atoms with Crippen LogP contribution in [0.4, 0.5) is 9.18 Å². The molecule has 34 heavy (non-hydrogen) atoms. The number of hydrogen-bond donors (Lipinski definition) is 2. The predicted molar refractivity (Wildman–Crippen MR) is 128 cm³/mol. The Morgan fingerprint density at radius 1 is 1.24 bits per heavy atom. The second-order valence-corrected chi connectivity index (χ2v) is 11.3. The van der Waals surface area contributed by atoms with Crippen molar-refractivity contribution in [2.24, 2.45) is 0 Å². The molecule has 2 N–H and O–H groups in total. The van der Waals surface area contributed by atoms with E-state index in [-0.39, 0.29) is 46.2 Å². The zero-order valence-corrected chi connectivity index (χ0v) is 21.6. The lowest BCUT2D eigenvalue weighted by Crippen LogP contribution is -2.67.